The van der Waals surface area contributed by atoms with Gasteiger partial charge in [0.15, 0.2) is 0 Å². The molecule has 254 valence electrons. The number of halogens is 3. The molecule has 2 heterocycles. The number of nitrogens with zero attached hydrogens (tertiary/aromatic N) is 2. The van der Waals surface area contributed by atoms with Crippen molar-refractivity contribution in [2.24, 2.45) is 7.05 Å². The molecule has 5 rings (SSSR count). The predicted molar refractivity (Wildman–Crippen MR) is 181 cm³/mol. The molecule has 0 aliphatic carbocycles. The number of hydrogen-bond donors (Lipinski definition) is 3. The van der Waals surface area contributed by atoms with Crippen LogP contribution in [-0.2, 0) is 22.8 Å². The summed E-state index contributed by atoms with van der Waals surface area (Å²) < 4.78 is 47.1. The van der Waals surface area contributed by atoms with Gasteiger partial charge in [0, 0.05) is 48.8 Å². The zero-order valence-corrected chi connectivity index (χ0v) is 27.0. The summed E-state index contributed by atoms with van der Waals surface area (Å²) >= 11 is 0. The van der Waals surface area contributed by atoms with Crippen molar-refractivity contribution in [1.29, 1.82) is 0 Å². The molecule has 3 aromatic carbocycles. The molecule has 0 atom stereocenters. The van der Waals surface area contributed by atoms with Crippen molar-refractivity contribution in [2.45, 2.75) is 20.0 Å². The maximum atomic E-state index is 13.5. The second-order valence-electron chi connectivity index (χ2n) is 11.5. The molecule has 0 unspecified atom stereocenters. The molecule has 3 amide bonds. The Balaban J connectivity index is 1.45. The minimum Gasteiger partial charge on any atom is -0.378 e. The first-order valence-corrected chi connectivity index (χ1v) is 15.3. The van der Waals surface area contributed by atoms with Gasteiger partial charge < -0.3 is 30.2 Å². The number of carbonyl (C=O) groups is 3. The lowest BCUT2D eigenvalue weighted by molar-refractivity contribution is -0.138. The fourth-order valence-electron chi connectivity index (χ4n) is 5.48. The van der Waals surface area contributed by atoms with Gasteiger partial charge in [-0.2, -0.15) is 13.2 Å². The van der Waals surface area contributed by atoms with Crippen molar-refractivity contribution in [3.8, 4) is 11.1 Å². The van der Waals surface area contributed by atoms with Crippen LogP contribution in [0.3, 0.4) is 0 Å². The fraction of sp³-hybridized carbons (Fsp3) is 0.222. The number of morpholine rings is 1. The normalized spacial score (nSPS) is 13.1. The average molecular weight is 674 g/mol. The quantitative estimate of drug-likeness (QED) is 0.189. The largest absolute Gasteiger partial charge is 0.416 e. The average Bonchev–Trinajstić information content (AvgIpc) is 3.07. The smallest absolute Gasteiger partial charge is 0.378 e. The van der Waals surface area contributed by atoms with E-state index in [1.165, 1.54) is 23.6 Å². The summed E-state index contributed by atoms with van der Waals surface area (Å²) in [6, 6.07) is 14.9. The molecule has 4 aromatic rings. The summed E-state index contributed by atoms with van der Waals surface area (Å²) in [7, 11) is 1.58. The van der Waals surface area contributed by atoms with E-state index < -0.39 is 23.6 Å². The highest BCUT2D eigenvalue weighted by atomic mass is 19.4. The monoisotopic (exact) mass is 673 g/mol. The summed E-state index contributed by atoms with van der Waals surface area (Å²) in [4.78, 5) is 53.4. The van der Waals surface area contributed by atoms with Gasteiger partial charge in [-0.05, 0) is 79.1 Å². The molecule has 0 bridgehead atoms. The van der Waals surface area contributed by atoms with Crippen LogP contribution < -0.4 is 21.5 Å². The summed E-state index contributed by atoms with van der Waals surface area (Å²) in [5.74, 6) is -1.50. The number of benzene rings is 3. The Hall–Kier alpha value is -5.69. The molecule has 10 nitrogen and oxygen atoms in total. The Kier molecular flexibility index (Phi) is 10.0. The van der Waals surface area contributed by atoms with Crippen LogP contribution in [0, 0.1) is 13.8 Å². The van der Waals surface area contributed by atoms with E-state index >= 15 is 0 Å². The van der Waals surface area contributed by atoms with Crippen LogP contribution in [-0.4, -0.2) is 53.5 Å². The van der Waals surface area contributed by atoms with E-state index in [4.69, 9.17) is 4.74 Å². The highest BCUT2D eigenvalue weighted by molar-refractivity contribution is 6.07. The lowest BCUT2D eigenvalue weighted by atomic mass is 9.99. The van der Waals surface area contributed by atoms with E-state index in [9.17, 15) is 32.3 Å². The van der Waals surface area contributed by atoms with Crippen LogP contribution in [0.25, 0.3) is 11.1 Å². The van der Waals surface area contributed by atoms with Gasteiger partial charge in [-0.25, -0.2) is 0 Å². The molecule has 1 aliphatic heterocycles. The zero-order valence-electron chi connectivity index (χ0n) is 27.0. The number of carbonyl (C=O) groups excluding carboxylic acids is 3. The number of pyridine rings is 1. The first kappa shape index (κ1) is 34.6. The van der Waals surface area contributed by atoms with Crippen molar-refractivity contribution < 1.29 is 32.3 Å². The third-order valence-corrected chi connectivity index (χ3v) is 8.15. The minimum atomic E-state index is -4.60. The van der Waals surface area contributed by atoms with Crippen molar-refractivity contribution >= 4 is 40.5 Å². The third kappa shape index (κ3) is 7.73. The van der Waals surface area contributed by atoms with Crippen LogP contribution in [0.15, 0.2) is 84.3 Å². The number of rotatable bonds is 8. The van der Waals surface area contributed by atoms with Gasteiger partial charge in [0.2, 0.25) is 5.91 Å². The standard InChI is InChI=1S/C36H34F3N5O5/c1-5-32(45)41-30-19-25(11-12-27(30)34(47)44-13-15-49-16-14-44)40-31-18-24(20-43(4)35(31)48)26-7-6-8-29(22(26)3)42-33(46)23-10-9-21(2)28(17-23)36(37,38)39/h5-12,17-20,40H,1,13-16H2,2-4H3,(H,41,45)(H,42,46). The SMILES string of the molecule is C=CC(=O)Nc1cc(Nc2cc(-c3cccc(NC(=O)c4ccc(C)c(C(F)(F)F)c4)c3C)cn(C)c2=O)ccc1C(=O)N1CCOCC1. The maximum Gasteiger partial charge on any atom is 0.416 e. The summed E-state index contributed by atoms with van der Waals surface area (Å²) in [5, 5.41) is 8.48. The fourth-order valence-corrected chi connectivity index (χ4v) is 5.48. The van der Waals surface area contributed by atoms with Gasteiger partial charge in [0.05, 0.1) is 30.0 Å². The second kappa shape index (κ2) is 14.2. The molecule has 0 saturated carbocycles. The van der Waals surface area contributed by atoms with Crippen molar-refractivity contribution in [2.75, 3.05) is 42.3 Å². The van der Waals surface area contributed by atoms with E-state index in [1.54, 1.807) is 67.5 Å². The van der Waals surface area contributed by atoms with Crippen LogP contribution in [0.5, 0.6) is 0 Å². The van der Waals surface area contributed by atoms with E-state index in [0.29, 0.717) is 54.4 Å². The van der Waals surface area contributed by atoms with Gasteiger partial charge in [-0.1, -0.05) is 24.8 Å². The number of alkyl halides is 3. The lowest BCUT2D eigenvalue weighted by Crippen LogP contribution is -2.41. The van der Waals surface area contributed by atoms with E-state index in [0.717, 1.165) is 12.1 Å². The Bertz CT molecular complexity index is 2020. The Morgan fingerprint density at radius 2 is 1.65 bits per heavy atom. The molecule has 1 fully saturated rings. The number of aryl methyl sites for hydroxylation is 2. The van der Waals surface area contributed by atoms with Crippen molar-refractivity contribution in [3.63, 3.8) is 0 Å². The van der Waals surface area contributed by atoms with Gasteiger partial charge in [0.25, 0.3) is 17.4 Å². The molecule has 1 aliphatic rings. The van der Waals surface area contributed by atoms with E-state index in [1.807, 2.05) is 0 Å². The molecule has 1 saturated heterocycles. The van der Waals surface area contributed by atoms with Gasteiger partial charge in [-0.3, -0.25) is 19.2 Å². The Labute approximate surface area is 280 Å². The Morgan fingerprint density at radius 3 is 2.35 bits per heavy atom. The predicted octanol–water partition coefficient (Wildman–Crippen LogP) is 6.28. The molecular weight excluding hydrogens is 639 g/mol. The lowest BCUT2D eigenvalue weighted by Gasteiger charge is -2.27. The topological polar surface area (TPSA) is 122 Å². The first-order valence-electron chi connectivity index (χ1n) is 15.3. The maximum absolute atomic E-state index is 13.5. The molecule has 13 heteroatoms. The molecule has 3 N–H and O–H groups in total. The number of amides is 3. The molecule has 1 aromatic heterocycles. The minimum absolute atomic E-state index is 0.0106. The zero-order chi connectivity index (χ0) is 35.5. The Morgan fingerprint density at radius 1 is 0.918 bits per heavy atom. The molecular formula is C36H34F3N5O5. The first-order chi connectivity index (χ1) is 23.3. The molecule has 0 radical (unpaired) electrons. The van der Waals surface area contributed by atoms with Crippen LogP contribution in [0.1, 0.15) is 37.4 Å². The number of nitrogens with one attached hydrogen (secondary N) is 3. The highest BCUT2D eigenvalue weighted by Crippen LogP contribution is 2.34. The van der Waals surface area contributed by atoms with Crippen molar-refractivity contribution in [1.82, 2.24) is 9.47 Å². The van der Waals surface area contributed by atoms with Gasteiger partial charge >= 0.3 is 6.18 Å². The van der Waals surface area contributed by atoms with Gasteiger partial charge in [-0.15, -0.1) is 0 Å². The number of aromatic nitrogens is 1. The van der Waals surface area contributed by atoms with E-state index in [-0.39, 0.29) is 39.5 Å². The summed E-state index contributed by atoms with van der Waals surface area (Å²) in [6.45, 7) is 8.19. The highest BCUT2D eigenvalue weighted by Gasteiger charge is 2.33. The van der Waals surface area contributed by atoms with Crippen LogP contribution in [0.2, 0.25) is 0 Å². The van der Waals surface area contributed by atoms with Crippen LogP contribution in [0.4, 0.5) is 35.9 Å². The van der Waals surface area contributed by atoms with Crippen LogP contribution >= 0.6 is 0 Å². The molecule has 0 spiro atoms. The molecule has 49 heavy (non-hydrogen) atoms. The number of anilines is 4. The summed E-state index contributed by atoms with van der Waals surface area (Å²) in [5.41, 5.74) is 1.96. The summed E-state index contributed by atoms with van der Waals surface area (Å²) in [6.07, 6.45) is -1.90. The van der Waals surface area contributed by atoms with Crippen molar-refractivity contribution in [3.05, 3.63) is 118 Å². The second-order valence-corrected chi connectivity index (χ2v) is 11.5. The number of hydrogen-bond acceptors (Lipinski definition) is 6. The number of ether oxygens (including phenoxy) is 1. The third-order valence-electron chi connectivity index (χ3n) is 8.15. The van der Waals surface area contributed by atoms with Gasteiger partial charge in [0.1, 0.15) is 5.69 Å². The van der Waals surface area contributed by atoms with E-state index in [2.05, 4.69) is 22.5 Å².